The van der Waals surface area contributed by atoms with Crippen LogP contribution in [0.5, 0.6) is 0 Å². The molecule has 0 bridgehead atoms. The summed E-state index contributed by atoms with van der Waals surface area (Å²) >= 11 is 0. The second kappa shape index (κ2) is 37.5. The highest BCUT2D eigenvalue weighted by Gasteiger charge is 2.21. The maximum absolute atomic E-state index is 12.7. The number of nitrogens with zero attached hydrogens (tertiary/aromatic N) is 1. The van der Waals surface area contributed by atoms with Crippen LogP contribution >= 0.6 is 7.82 Å². The van der Waals surface area contributed by atoms with Gasteiger partial charge in [-0.2, -0.15) is 0 Å². The van der Waals surface area contributed by atoms with Gasteiger partial charge in [-0.1, -0.05) is 140 Å². The number of phosphoric acid groups is 1. The number of unbranched alkanes of at least 4 members (excludes halogenated alkanes) is 17. The van der Waals surface area contributed by atoms with Gasteiger partial charge < -0.3 is 27.9 Å². The molecule has 0 saturated heterocycles. The van der Waals surface area contributed by atoms with E-state index in [0.29, 0.717) is 23.9 Å². The van der Waals surface area contributed by atoms with Gasteiger partial charge >= 0.3 is 11.9 Å². The average molecular weight is 796 g/mol. The fourth-order valence-corrected chi connectivity index (χ4v) is 6.31. The van der Waals surface area contributed by atoms with E-state index in [1.807, 2.05) is 21.1 Å². The molecule has 0 aliphatic rings. The van der Waals surface area contributed by atoms with Crippen molar-refractivity contribution in [1.82, 2.24) is 0 Å². The SMILES string of the molecule is CCCC/C=C\C/C=C\CCCCCCCC(=O)OC[C@H](COP(=O)([O-])OCC[N+](C)(C)C)OC(=O)CCCCCCCCC/C=C\C/C=C\CCCCC. The summed E-state index contributed by atoms with van der Waals surface area (Å²) in [5.74, 6) is -0.862. The van der Waals surface area contributed by atoms with Gasteiger partial charge in [0.25, 0.3) is 7.82 Å². The number of esters is 2. The first-order valence-corrected chi connectivity index (χ1v) is 23.3. The fourth-order valence-electron chi connectivity index (χ4n) is 5.58. The van der Waals surface area contributed by atoms with E-state index in [0.717, 1.165) is 77.0 Å². The van der Waals surface area contributed by atoms with Crippen molar-refractivity contribution in [1.29, 1.82) is 0 Å². The molecule has 0 heterocycles. The van der Waals surface area contributed by atoms with E-state index >= 15 is 0 Å². The minimum absolute atomic E-state index is 0.0363. The van der Waals surface area contributed by atoms with Crippen molar-refractivity contribution >= 4 is 19.8 Å². The van der Waals surface area contributed by atoms with Crippen molar-refractivity contribution in [2.24, 2.45) is 0 Å². The highest BCUT2D eigenvalue weighted by atomic mass is 31.2. The molecule has 0 amide bonds. The van der Waals surface area contributed by atoms with Gasteiger partial charge in [-0.3, -0.25) is 14.2 Å². The molecule has 0 rings (SSSR count). The molecule has 0 aromatic carbocycles. The molecular weight excluding hydrogens is 713 g/mol. The lowest BCUT2D eigenvalue weighted by atomic mass is 10.1. The topological polar surface area (TPSA) is 111 Å². The second-order valence-electron chi connectivity index (χ2n) is 15.7. The molecule has 0 aliphatic heterocycles. The summed E-state index contributed by atoms with van der Waals surface area (Å²) in [7, 11) is 1.15. The average Bonchev–Trinajstić information content (AvgIpc) is 3.13. The zero-order valence-electron chi connectivity index (χ0n) is 35.9. The monoisotopic (exact) mass is 796 g/mol. The third kappa shape index (κ3) is 41.4. The van der Waals surface area contributed by atoms with Crippen LogP contribution in [0.3, 0.4) is 0 Å². The molecule has 0 aliphatic carbocycles. The second-order valence-corrected chi connectivity index (χ2v) is 17.1. The van der Waals surface area contributed by atoms with Gasteiger partial charge in [-0.05, 0) is 70.6 Å². The zero-order chi connectivity index (χ0) is 40.7. The minimum Gasteiger partial charge on any atom is -0.756 e. The number of allylic oxidation sites excluding steroid dienone is 8. The number of carbonyl (C=O) groups excluding carboxylic acids is 2. The lowest BCUT2D eigenvalue weighted by Gasteiger charge is -2.28. The molecule has 0 N–H and O–H groups in total. The molecule has 1 unspecified atom stereocenters. The summed E-state index contributed by atoms with van der Waals surface area (Å²) in [6, 6.07) is 0. The predicted octanol–water partition coefficient (Wildman–Crippen LogP) is 11.7. The van der Waals surface area contributed by atoms with Gasteiger partial charge in [0.1, 0.15) is 19.8 Å². The van der Waals surface area contributed by atoms with Crippen molar-refractivity contribution in [3.63, 3.8) is 0 Å². The van der Waals surface area contributed by atoms with E-state index in [1.54, 1.807) is 0 Å². The first kappa shape index (κ1) is 53.0. The Kier molecular flexibility index (Phi) is 36.2. The summed E-state index contributed by atoms with van der Waals surface area (Å²) in [5.41, 5.74) is 0. The van der Waals surface area contributed by atoms with E-state index in [9.17, 15) is 19.0 Å². The Labute approximate surface area is 337 Å². The van der Waals surface area contributed by atoms with E-state index in [-0.39, 0.29) is 26.1 Å². The Morgan fingerprint density at radius 3 is 1.49 bits per heavy atom. The van der Waals surface area contributed by atoms with Crippen molar-refractivity contribution in [2.75, 3.05) is 47.5 Å². The lowest BCUT2D eigenvalue weighted by Crippen LogP contribution is -2.37. The van der Waals surface area contributed by atoms with Crippen LogP contribution in [0.15, 0.2) is 48.6 Å². The van der Waals surface area contributed by atoms with Crippen LogP contribution in [-0.4, -0.2) is 70.0 Å². The third-order valence-electron chi connectivity index (χ3n) is 9.07. The van der Waals surface area contributed by atoms with Gasteiger partial charge in [0.05, 0.1) is 27.7 Å². The molecule has 0 aromatic heterocycles. The van der Waals surface area contributed by atoms with Crippen LogP contribution < -0.4 is 4.89 Å². The van der Waals surface area contributed by atoms with E-state index in [4.69, 9.17) is 18.5 Å². The molecule has 0 radical (unpaired) electrons. The number of hydrogen-bond donors (Lipinski definition) is 0. The third-order valence-corrected chi connectivity index (χ3v) is 10.0. The molecule has 320 valence electrons. The Bertz CT molecular complexity index is 1080. The Balaban J connectivity index is 4.40. The van der Waals surface area contributed by atoms with Crippen LogP contribution in [-0.2, 0) is 32.7 Å². The molecule has 0 spiro atoms. The fraction of sp³-hybridized carbons (Fsp3) is 0.778. The minimum atomic E-state index is -4.63. The number of rotatable bonds is 39. The number of likely N-dealkylation sites (N-methyl/N-ethyl adjacent to an activating group) is 1. The number of quaternary nitrogens is 1. The van der Waals surface area contributed by atoms with Crippen LogP contribution in [0, 0.1) is 0 Å². The van der Waals surface area contributed by atoms with Crippen LogP contribution in [0.25, 0.3) is 0 Å². The van der Waals surface area contributed by atoms with E-state index in [2.05, 4.69) is 62.5 Å². The molecular formula is C45H82NO8P. The lowest BCUT2D eigenvalue weighted by molar-refractivity contribution is -0.870. The van der Waals surface area contributed by atoms with E-state index in [1.165, 1.54) is 57.8 Å². The first-order valence-electron chi connectivity index (χ1n) is 21.8. The highest BCUT2D eigenvalue weighted by Crippen LogP contribution is 2.38. The van der Waals surface area contributed by atoms with Gasteiger partial charge in [-0.25, -0.2) is 0 Å². The van der Waals surface area contributed by atoms with Crippen molar-refractivity contribution in [3.8, 4) is 0 Å². The first-order chi connectivity index (χ1) is 26.5. The Morgan fingerprint density at radius 1 is 0.564 bits per heavy atom. The summed E-state index contributed by atoms with van der Waals surface area (Å²) in [4.78, 5) is 37.5. The number of hydrogen-bond acceptors (Lipinski definition) is 8. The Hall–Kier alpha value is -2.03. The highest BCUT2D eigenvalue weighted by molar-refractivity contribution is 7.45. The molecule has 10 heteroatoms. The summed E-state index contributed by atoms with van der Waals surface area (Å²) < 4.78 is 33.9. The Morgan fingerprint density at radius 2 is 1.00 bits per heavy atom. The quantitative estimate of drug-likeness (QED) is 0.0199. The van der Waals surface area contributed by atoms with Gasteiger partial charge in [-0.15, -0.1) is 0 Å². The standard InChI is InChI=1S/C45H82NO8P/c1-6-8-10-12-14-16-18-20-22-23-24-26-28-30-32-34-36-38-45(48)54-43(42-53-55(49,50)52-40-39-46(3,4)5)41-51-44(47)37-35-33-31-29-27-25-21-19-17-15-13-11-9-7-2/h13-16,19-22,43H,6-12,17-18,23-42H2,1-5H3/b15-13-,16-14-,21-19-,22-20-/t43-/m1/s1. The zero-order valence-corrected chi connectivity index (χ0v) is 36.8. The van der Waals surface area contributed by atoms with E-state index < -0.39 is 32.5 Å². The smallest absolute Gasteiger partial charge is 0.306 e. The van der Waals surface area contributed by atoms with Crippen LogP contribution in [0.2, 0.25) is 0 Å². The number of phosphoric ester groups is 1. The van der Waals surface area contributed by atoms with Crippen molar-refractivity contribution < 1.29 is 42.1 Å². The molecule has 0 fully saturated rings. The van der Waals surface area contributed by atoms with Crippen molar-refractivity contribution in [2.45, 2.75) is 180 Å². The summed E-state index contributed by atoms with van der Waals surface area (Å²) in [6.45, 7) is 4.13. The molecule has 9 nitrogen and oxygen atoms in total. The molecule has 0 aromatic rings. The molecule has 55 heavy (non-hydrogen) atoms. The summed E-state index contributed by atoms with van der Waals surface area (Å²) in [6.07, 6.45) is 42.7. The summed E-state index contributed by atoms with van der Waals surface area (Å²) in [5, 5.41) is 0. The van der Waals surface area contributed by atoms with Crippen molar-refractivity contribution in [3.05, 3.63) is 48.6 Å². The largest absolute Gasteiger partial charge is 0.756 e. The van der Waals surface area contributed by atoms with Gasteiger partial charge in [0.15, 0.2) is 6.10 Å². The van der Waals surface area contributed by atoms with Gasteiger partial charge in [0.2, 0.25) is 0 Å². The maximum atomic E-state index is 12.7. The molecule has 0 saturated carbocycles. The van der Waals surface area contributed by atoms with Crippen LogP contribution in [0.1, 0.15) is 174 Å². The number of carbonyl (C=O) groups is 2. The maximum Gasteiger partial charge on any atom is 0.306 e. The van der Waals surface area contributed by atoms with Crippen LogP contribution in [0.4, 0.5) is 0 Å². The molecule has 2 atom stereocenters. The predicted molar refractivity (Wildman–Crippen MR) is 227 cm³/mol. The normalized spacial score (nSPS) is 14.1. The van der Waals surface area contributed by atoms with Gasteiger partial charge in [0, 0.05) is 12.8 Å². The number of ether oxygens (including phenoxy) is 2.